The van der Waals surface area contributed by atoms with Crippen molar-refractivity contribution in [1.82, 2.24) is 4.98 Å². The van der Waals surface area contributed by atoms with Crippen LogP contribution >= 0.6 is 11.8 Å². The molecule has 0 spiro atoms. The quantitative estimate of drug-likeness (QED) is 0.614. The lowest BCUT2D eigenvalue weighted by Gasteiger charge is -2.04. The molecule has 5 heteroatoms. The average molecular weight is 269 g/mol. The van der Waals surface area contributed by atoms with Crippen molar-refractivity contribution in [1.29, 1.82) is 0 Å². The van der Waals surface area contributed by atoms with E-state index in [0.717, 1.165) is 22.9 Å². The van der Waals surface area contributed by atoms with E-state index in [9.17, 15) is 13.2 Å². The molecule has 0 N–H and O–H groups in total. The molecule has 0 aliphatic heterocycles. The fraction of sp³-hybridized carbons (Fsp3) is 0.154. The number of pyridine rings is 1. The molecule has 0 amide bonds. The second-order valence-electron chi connectivity index (χ2n) is 3.83. The Morgan fingerprint density at radius 2 is 1.89 bits per heavy atom. The van der Waals surface area contributed by atoms with Gasteiger partial charge in [0.2, 0.25) is 5.95 Å². The molecule has 0 saturated heterocycles. The molecule has 0 bridgehead atoms. The first kappa shape index (κ1) is 13.0. The number of hydrogen-bond acceptors (Lipinski definition) is 2. The molecule has 1 aromatic carbocycles. The van der Waals surface area contributed by atoms with E-state index in [1.54, 1.807) is 0 Å². The predicted molar refractivity (Wildman–Crippen MR) is 64.9 cm³/mol. The van der Waals surface area contributed by atoms with Crippen molar-refractivity contribution >= 4 is 11.8 Å². The maximum Gasteiger partial charge on any atom is 0.250 e. The molecular formula is C13H10F3NS. The smallest absolute Gasteiger partial charge is 0.208 e. The molecule has 2 rings (SSSR count). The highest BCUT2D eigenvalue weighted by Crippen LogP contribution is 2.25. The topological polar surface area (TPSA) is 12.9 Å². The Morgan fingerprint density at radius 3 is 2.61 bits per heavy atom. The van der Waals surface area contributed by atoms with Crippen LogP contribution in [0.4, 0.5) is 13.2 Å². The van der Waals surface area contributed by atoms with Crippen LogP contribution in [0.15, 0.2) is 35.4 Å². The molecule has 18 heavy (non-hydrogen) atoms. The molecule has 0 aliphatic carbocycles. The van der Waals surface area contributed by atoms with Gasteiger partial charge in [-0.15, -0.1) is 0 Å². The van der Waals surface area contributed by atoms with Gasteiger partial charge >= 0.3 is 0 Å². The van der Waals surface area contributed by atoms with E-state index in [1.807, 2.05) is 31.2 Å². The first-order valence-electron chi connectivity index (χ1n) is 5.26. The molecule has 0 radical (unpaired) electrons. The van der Waals surface area contributed by atoms with Crippen LogP contribution < -0.4 is 0 Å². The van der Waals surface area contributed by atoms with Crippen molar-refractivity contribution in [2.24, 2.45) is 0 Å². The molecular weight excluding hydrogens is 259 g/mol. The summed E-state index contributed by atoms with van der Waals surface area (Å²) >= 11 is 1.04. The number of aryl methyl sites for hydroxylation is 1. The number of hydrogen-bond donors (Lipinski definition) is 0. The predicted octanol–water partition coefficient (Wildman–Crippen LogP) is 4.10. The molecule has 0 fully saturated rings. The summed E-state index contributed by atoms with van der Waals surface area (Å²) in [6.07, 6.45) is 0. The molecule has 0 aliphatic rings. The third-order valence-electron chi connectivity index (χ3n) is 2.31. The van der Waals surface area contributed by atoms with Gasteiger partial charge in [-0.3, -0.25) is 0 Å². The third-order valence-corrected chi connectivity index (χ3v) is 3.35. The molecule has 1 nitrogen and oxygen atoms in total. The van der Waals surface area contributed by atoms with Crippen molar-refractivity contribution in [2.45, 2.75) is 17.7 Å². The minimum absolute atomic E-state index is 0.129. The lowest BCUT2D eigenvalue weighted by molar-refractivity contribution is 0.448. The Bertz CT molecular complexity index is 572. The van der Waals surface area contributed by atoms with E-state index in [0.29, 0.717) is 11.8 Å². The van der Waals surface area contributed by atoms with E-state index < -0.39 is 17.6 Å². The second kappa shape index (κ2) is 5.44. The van der Waals surface area contributed by atoms with Crippen LogP contribution in [0, 0.1) is 24.5 Å². The fourth-order valence-electron chi connectivity index (χ4n) is 1.48. The van der Waals surface area contributed by atoms with Crippen LogP contribution in [-0.4, -0.2) is 4.98 Å². The Morgan fingerprint density at radius 1 is 1.11 bits per heavy atom. The molecule has 0 unspecified atom stereocenters. The van der Waals surface area contributed by atoms with Gasteiger partial charge in [-0.2, -0.15) is 4.39 Å². The minimum atomic E-state index is -1.27. The summed E-state index contributed by atoms with van der Waals surface area (Å²) in [5, 5.41) is -0.129. The maximum absolute atomic E-state index is 13.3. The van der Waals surface area contributed by atoms with Crippen LogP contribution in [0.25, 0.3) is 0 Å². The molecule has 1 heterocycles. The zero-order valence-corrected chi connectivity index (χ0v) is 10.4. The van der Waals surface area contributed by atoms with Gasteiger partial charge in [-0.05, 0) is 12.5 Å². The van der Waals surface area contributed by atoms with Gasteiger partial charge in [0, 0.05) is 11.8 Å². The normalized spacial score (nSPS) is 10.7. The number of thioether (sulfide) groups is 1. The number of halogens is 3. The van der Waals surface area contributed by atoms with E-state index in [-0.39, 0.29) is 5.03 Å². The van der Waals surface area contributed by atoms with Crippen LogP contribution in [-0.2, 0) is 5.75 Å². The van der Waals surface area contributed by atoms with E-state index in [1.165, 1.54) is 0 Å². The molecule has 94 valence electrons. The third kappa shape index (κ3) is 3.04. The van der Waals surface area contributed by atoms with Crippen LogP contribution in [0.1, 0.15) is 11.1 Å². The second-order valence-corrected chi connectivity index (χ2v) is 4.79. The first-order chi connectivity index (χ1) is 8.56. The van der Waals surface area contributed by atoms with Crippen molar-refractivity contribution in [3.05, 3.63) is 59.0 Å². The Kier molecular flexibility index (Phi) is 3.91. The largest absolute Gasteiger partial charge is 0.250 e. The Hall–Kier alpha value is -1.49. The fourth-order valence-corrected chi connectivity index (χ4v) is 2.31. The molecule has 1 aromatic heterocycles. The van der Waals surface area contributed by atoms with E-state index in [2.05, 4.69) is 4.98 Å². The average Bonchev–Trinajstić information content (AvgIpc) is 2.32. The SMILES string of the molecule is Cc1cccc(CSc2nc(F)c(F)cc2F)c1. The number of nitrogens with zero attached hydrogens (tertiary/aromatic N) is 1. The maximum atomic E-state index is 13.3. The highest BCUT2D eigenvalue weighted by atomic mass is 32.2. The van der Waals surface area contributed by atoms with E-state index in [4.69, 9.17) is 0 Å². The summed E-state index contributed by atoms with van der Waals surface area (Å²) < 4.78 is 38.9. The monoisotopic (exact) mass is 269 g/mol. The van der Waals surface area contributed by atoms with Gasteiger partial charge < -0.3 is 0 Å². The summed E-state index contributed by atoms with van der Waals surface area (Å²) in [5.74, 6) is -2.93. The highest BCUT2D eigenvalue weighted by Gasteiger charge is 2.12. The summed E-state index contributed by atoms with van der Waals surface area (Å²) in [5.41, 5.74) is 2.07. The standard InChI is InChI=1S/C13H10F3NS/c1-8-3-2-4-9(5-8)7-18-13-11(15)6-10(14)12(16)17-13/h2-6H,7H2,1H3. The van der Waals surface area contributed by atoms with Crippen molar-refractivity contribution < 1.29 is 13.2 Å². The summed E-state index contributed by atoms with van der Waals surface area (Å²) in [6, 6.07) is 8.19. The van der Waals surface area contributed by atoms with Crippen LogP contribution in [0.2, 0.25) is 0 Å². The van der Waals surface area contributed by atoms with Crippen LogP contribution in [0.5, 0.6) is 0 Å². The van der Waals surface area contributed by atoms with Gasteiger partial charge in [-0.25, -0.2) is 13.8 Å². The Balaban J connectivity index is 2.13. The van der Waals surface area contributed by atoms with Crippen molar-refractivity contribution in [2.75, 3.05) is 0 Å². The van der Waals surface area contributed by atoms with Gasteiger partial charge in [0.15, 0.2) is 11.6 Å². The molecule has 0 atom stereocenters. The van der Waals surface area contributed by atoms with Crippen LogP contribution in [0.3, 0.4) is 0 Å². The number of benzene rings is 1. The highest BCUT2D eigenvalue weighted by molar-refractivity contribution is 7.98. The van der Waals surface area contributed by atoms with E-state index >= 15 is 0 Å². The lowest BCUT2D eigenvalue weighted by Crippen LogP contribution is -1.96. The van der Waals surface area contributed by atoms with Crippen molar-refractivity contribution in [3.8, 4) is 0 Å². The Labute approximate surface area is 107 Å². The minimum Gasteiger partial charge on any atom is -0.208 e. The van der Waals surface area contributed by atoms with Gasteiger partial charge in [0.05, 0.1) is 0 Å². The number of aromatic nitrogens is 1. The van der Waals surface area contributed by atoms with Crippen molar-refractivity contribution in [3.63, 3.8) is 0 Å². The summed E-state index contributed by atoms with van der Waals surface area (Å²) in [4.78, 5) is 3.26. The van der Waals surface area contributed by atoms with Gasteiger partial charge in [-0.1, -0.05) is 41.6 Å². The lowest BCUT2D eigenvalue weighted by atomic mass is 10.2. The zero-order chi connectivity index (χ0) is 13.1. The number of rotatable bonds is 3. The first-order valence-corrected chi connectivity index (χ1v) is 6.24. The summed E-state index contributed by atoms with van der Waals surface area (Å²) in [7, 11) is 0. The zero-order valence-electron chi connectivity index (χ0n) is 9.58. The van der Waals surface area contributed by atoms with Gasteiger partial charge in [0.1, 0.15) is 5.03 Å². The molecule has 2 aromatic rings. The van der Waals surface area contributed by atoms with Gasteiger partial charge in [0.25, 0.3) is 0 Å². The molecule has 0 saturated carbocycles. The summed E-state index contributed by atoms with van der Waals surface area (Å²) in [6.45, 7) is 1.95.